The highest BCUT2D eigenvalue weighted by Crippen LogP contribution is 2.40. The predicted molar refractivity (Wildman–Crippen MR) is 145 cm³/mol. The molecule has 2 saturated heterocycles. The maximum absolute atomic E-state index is 6.22. The monoisotopic (exact) mass is 506 g/mol. The molecule has 1 aromatic carbocycles. The number of nitrogens with one attached hydrogen (secondary N) is 2. The van der Waals surface area contributed by atoms with Crippen molar-refractivity contribution in [2.45, 2.75) is 38.0 Å². The average molecular weight is 507 g/mol. The number of rotatable bonds is 10. The zero-order valence-corrected chi connectivity index (χ0v) is 22.0. The van der Waals surface area contributed by atoms with Gasteiger partial charge in [0.15, 0.2) is 17.3 Å². The number of fused-ring (bicyclic) bond motifs is 1. The van der Waals surface area contributed by atoms with Crippen molar-refractivity contribution in [3.63, 3.8) is 0 Å². The summed E-state index contributed by atoms with van der Waals surface area (Å²) in [5.74, 6) is 4.25. The van der Waals surface area contributed by atoms with Gasteiger partial charge in [-0.05, 0) is 58.3 Å². The zero-order chi connectivity index (χ0) is 25.2. The first kappa shape index (κ1) is 24.2. The van der Waals surface area contributed by atoms with E-state index in [1.54, 1.807) is 7.11 Å². The lowest BCUT2D eigenvalue weighted by atomic mass is 10.2. The minimum Gasteiger partial charge on any atom is -0.493 e. The summed E-state index contributed by atoms with van der Waals surface area (Å²) in [7, 11) is 3.83. The van der Waals surface area contributed by atoms with Crippen molar-refractivity contribution < 1.29 is 9.47 Å². The lowest BCUT2D eigenvalue weighted by Crippen LogP contribution is -2.45. The number of likely N-dealkylation sites (tertiary alicyclic amines) is 1. The van der Waals surface area contributed by atoms with Crippen molar-refractivity contribution in [2.24, 2.45) is 0 Å². The molecule has 2 N–H and O–H groups in total. The number of likely N-dealkylation sites (N-methyl/N-ethyl adjacent to an activating group) is 1. The molecule has 2 aromatic heterocycles. The number of aromatic nitrogens is 4. The van der Waals surface area contributed by atoms with Crippen molar-refractivity contribution in [1.82, 2.24) is 30.0 Å². The van der Waals surface area contributed by atoms with E-state index in [2.05, 4.69) is 43.3 Å². The van der Waals surface area contributed by atoms with Crippen molar-refractivity contribution in [1.29, 1.82) is 0 Å². The van der Waals surface area contributed by atoms with Gasteiger partial charge in [0.2, 0.25) is 5.95 Å². The maximum Gasteiger partial charge on any atom is 0.227 e. The normalized spacial score (nSPS) is 19.0. The average Bonchev–Trinajstić information content (AvgIpc) is 3.43. The van der Waals surface area contributed by atoms with Gasteiger partial charge in [0, 0.05) is 61.9 Å². The molecule has 37 heavy (non-hydrogen) atoms. The molecule has 1 aliphatic carbocycles. The predicted octanol–water partition coefficient (Wildman–Crippen LogP) is 3.60. The Hall–Kier alpha value is -3.11. The van der Waals surface area contributed by atoms with Crippen molar-refractivity contribution in [3.05, 3.63) is 23.9 Å². The largest absolute Gasteiger partial charge is 0.493 e. The highest BCUT2D eigenvalue weighted by Gasteiger charge is 2.26. The van der Waals surface area contributed by atoms with Crippen LogP contribution in [0.1, 0.15) is 43.7 Å². The van der Waals surface area contributed by atoms with Gasteiger partial charge in [0.05, 0.1) is 19.2 Å². The SMILES string of the molecule is COc1cc2c(Nc3cc(C4CC4)[nH]n3)nc(N3CCN(C)CC3)nc2cc1OCCCN1CCCC1. The molecule has 3 aliphatic rings. The van der Waals surface area contributed by atoms with E-state index < -0.39 is 0 Å². The zero-order valence-electron chi connectivity index (χ0n) is 22.0. The number of aromatic amines is 1. The summed E-state index contributed by atoms with van der Waals surface area (Å²) < 4.78 is 12.0. The molecule has 0 atom stereocenters. The molecular weight excluding hydrogens is 468 g/mol. The molecule has 198 valence electrons. The summed E-state index contributed by atoms with van der Waals surface area (Å²) in [4.78, 5) is 17.0. The highest BCUT2D eigenvalue weighted by atomic mass is 16.5. The van der Waals surface area contributed by atoms with Gasteiger partial charge in [-0.1, -0.05) is 0 Å². The fourth-order valence-electron chi connectivity index (χ4n) is 5.24. The van der Waals surface area contributed by atoms with Crippen LogP contribution >= 0.6 is 0 Å². The van der Waals surface area contributed by atoms with Gasteiger partial charge >= 0.3 is 0 Å². The molecule has 0 radical (unpaired) electrons. The molecule has 10 heteroatoms. The maximum atomic E-state index is 6.22. The molecule has 10 nitrogen and oxygen atoms in total. The topological polar surface area (TPSA) is 94.7 Å². The van der Waals surface area contributed by atoms with Crippen molar-refractivity contribution >= 4 is 28.5 Å². The van der Waals surface area contributed by atoms with Crippen LogP contribution in [0.3, 0.4) is 0 Å². The Kier molecular flexibility index (Phi) is 7.01. The first-order valence-corrected chi connectivity index (χ1v) is 13.7. The number of methoxy groups -OCH3 is 1. The third kappa shape index (κ3) is 5.60. The quantitative estimate of drug-likeness (QED) is 0.400. The third-order valence-electron chi connectivity index (χ3n) is 7.69. The van der Waals surface area contributed by atoms with Gasteiger partial charge < -0.3 is 29.5 Å². The van der Waals surface area contributed by atoms with Crippen LogP contribution in [-0.4, -0.2) is 96.5 Å². The lowest BCUT2D eigenvalue weighted by Gasteiger charge is -2.32. The van der Waals surface area contributed by atoms with Gasteiger partial charge in [-0.2, -0.15) is 10.1 Å². The van der Waals surface area contributed by atoms with Gasteiger partial charge in [-0.15, -0.1) is 0 Å². The van der Waals surface area contributed by atoms with Crippen LogP contribution in [0.5, 0.6) is 11.5 Å². The van der Waals surface area contributed by atoms with Gasteiger partial charge in [-0.25, -0.2) is 4.98 Å². The van der Waals surface area contributed by atoms with E-state index in [0.717, 1.165) is 73.4 Å². The second-order valence-corrected chi connectivity index (χ2v) is 10.5. The fourth-order valence-corrected chi connectivity index (χ4v) is 5.24. The van der Waals surface area contributed by atoms with Gasteiger partial charge in [-0.3, -0.25) is 5.10 Å². The first-order valence-electron chi connectivity index (χ1n) is 13.7. The number of anilines is 3. The number of H-pyrrole nitrogens is 1. The number of piperazine rings is 1. The second-order valence-electron chi connectivity index (χ2n) is 10.5. The standard InChI is InChI=1S/C27H38N8O2/c1-33-11-13-35(14-12-33)27-28-22-17-24(37-15-5-10-34-8-3-4-9-34)23(36-2)16-20(22)26(30-27)29-25-18-21(31-32-25)19-6-7-19/h16-19H,3-15H2,1-2H3,(H2,28,29,30,31,32). The van der Waals surface area contributed by atoms with Gasteiger partial charge in [0.1, 0.15) is 5.82 Å². The lowest BCUT2D eigenvalue weighted by molar-refractivity contribution is 0.254. The van der Waals surface area contributed by atoms with Crippen LogP contribution in [0.25, 0.3) is 10.9 Å². The highest BCUT2D eigenvalue weighted by molar-refractivity contribution is 5.94. The number of nitrogens with zero attached hydrogens (tertiary/aromatic N) is 6. The van der Waals surface area contributed by atoms with Crippen LogP contribution in [0.15, 0.2) is 18.2 Å². The van der Waals surface area contributed by atoms with E-state index in [0.29, 0.717) is 18.3 Å². The number of benzene rings is 1. The van der Waals surface area contributed by atoms with E-state index in [9.17, 15) is 0 Å². The molecular formula is C27H38N8O2. The summed E-state index contributed by atoms with van der Waals surface area (Å²) in [6.07, 6.45) is 6.07. The van der Waals surface area contributed by atoms with Crippen LogP contribution in [-0.2, 0) is 0 Å². The summed E-state index contributed by atoms with van der Waals surface area (Å²) in [5, 5.41) is 12.0. The molecule has 3 aromatic rings. The van der Waals surface area contributed by atoms with Crippen molar-refractivity contribution in [2.75, 3.05) is 76.8 Å². The Labute approximate surface area is 218 Å². The van der Waals surface area contributed by atoms with E-state index in [-0.39, 0.29) is 0 Å². The molecule has 0 amide bonds. The minimum absolute atomic E-state index is 0.608. The summed E-state index contributed by atoms with van der Waals surface area (Å²) in [6, 6.07) is 6.07. The number of hydrogen-bond donors (Lipinski definition) is 2. The van der Waals surface area contributed by atoms with E-state index in [4.69, 9.17) is 19.4 Å². The van der Waals surface area contributed by atoms with Crippen molar-refractivity contribution in [3.8, 4) is 11.5 Å². The Morgan fingerprint density at radius 3 is 2.57 bits per heavy atom. The van der Waals surface area contributed by atoms with E-state index >= 15 is 0 Å². The summed E-state index contributed by atoms with van der Waals surface area (Å²) in [5.41, 5.74) is 2.02. The molecule has 0 spiro atoms. The third-order valence-corrected chi connectivity index (χ3v) is 7.69. The number of ether oxygens (including phenoxy) is 2. The van der Waals surface area contributed by atoms with E-state index in [1.807, 2.05) is 12.1 Å². The summed E-state index contributed by atoms with van der Waals surface area (Å²) in [6.45, 7) is 7.91. The van der Waals surface area contributed by atoms with Crippen LogP contribution < -0.4 is 19.7 Å². The first-order chi connectivity index (χ1) is 18.2. The molecule has 3 fully saturated rings. The Bertz CT molecular complexity index is 1210. The Morgan fingerprint density at radius 1 is 1.00 bits per heavy atom. The molecule has 1 saturated carbocycles. The Balaban J connectivity index is 1.28. The van der Waals surface area contributed by atoms with Gasteiger partial charge in [0.25, 0.3) is 0 Å². The summed E-state index contributed by atoms with van der Waals surface area (Å²) >= 11 is 0. The van der Waals surface area contributed by atoms with E-state index in [1.165, 1.54) is 44.5 Å². The molecule has 2 aliphatic heterocycles. The fraction of sp³-hybridized carbons (Fsp3) is 0.593. The number of hydrogen-bond acceptors (Lipinski definition) is 9. The smallest absolute Gasteiger partial charge is 0.227 e. The molecule has 4 heterocycles. The second kappa shape index (κ2) is 10.7. The Morgan fingerprint density at radius 2 is 1.81 bits per heavy atom. The molecule has 0 bridgehead atoms. The van der Waals surface area contributed by atoms with Crippen LogP contribution in [0.2, 0.25) is 0 Å². The molecule has 6 rings (SSSR count). The van der Waals surface area contributed by atoms with Crippen LogP contribution in [0.4, 0.5) is 17.6 Å². The molecule has 0 unspecified atom stereocenters. The minimum atomic E-state index is 0.608. The van der Waals surface area contributed by atoms with Crippen LogP contribution in [0, 0.1) is 0 Å².